The summed E-state index contributed by atoms with van der Waals surface area (Å²) in [5.74, 6) is 0.348. The molecule has 0 amide bonds. The highest BCUT2D eigenvalue weighted by molar-refractivity contribution is 7.89. The normalized spacial score (nSPS) is 18.5. The van der Waals surface area contributed by atoms with E-state index < -0.39 is 15.7 Å². The van der Waals surface area contributed by atoms with Crippen LogP contribution < -0.4 is 14.4 Å². The van der Waals surface area contributed by atoms with Gasteiger partial charge in [-0.1, -0.05) is 0 Å². The van der Waals surface area contributed by atoms with E-state index in [9.17, 15) is 12.8 Å². The third-order valence-corrected chi connectivity index (χ3v) is 7.18. The predicted octanol–water partition coefficient (Wildman–Crippen LogP) is 3.54. The van der Waals surface area contributed by atoms with Gasteiger partial charge in [-0.3, -0.25) is 0 Å². The maximum absolute atomic E-state index is 14.9. The van der Waals surface area contributed by atoms with Crippen molar-refractivity contribution in [3.05, 3.63) is 35.8 Å². The van der Waals surface area contributed by atoms with E-state index in [1.54, 1.807) is 12.3 Å². The molecule has 5 rings (SSSR count). The second kappa shape index (κ2) is 10.1. The molecule has 11 heteroatoms. The number of benzene rings is 1. The molecule has 0 aliphatic carbocycles. The molecule has 2 aromatic heterocycles. The standard InChI is InChI=1S/C25H29FN4O5S/c1-33-24-17(15-36(2,31)32)10-16(13-27-24)22-20-11-18(26)12-21(35-19-6-9-34-14-19)23(20)29-25(28-22)30-7-4-3-5-8-30/h10-13,19H,3-9,14-15H2,1-2H3. The third-order valence-electron chi connectivity index (χ3n) is 6.35. The Morgan fingerprint density at radius 3 is 2.67 bits per heavy atom. The molecule has 9 nitrogen and oxygen atoms in total. The van der Waals surface area contributed by atoms with Gasteiger partial charge in [-0.25, -0.2) is 27.8 Å². The minimum atomic E-state index is -3.36. The van der Waals surface area contributed by atoms with Crippen LogP contribution in [0.4, 0.5) is 10.3 Å². The molecular formula is C25H29FN4O5S. The summed E-state index contributed by atoms with van der Waals surface area (Å²) in [4.78, 5) is 16.1. The summed E-state index contributed by atoms with van der Waals surface area (Å²) in [6.07, 6.45) is 6.46. The quantitative estimate of drug-likeness (QED) is 0.466. The molecule has 0 saturated carbocycles. The van der Waals surface area contributed by atoms with Gasteiger partial charge in [0.2, 0.25) is 11.8 Å². The van der Waals surface area contributed by atoms with Gasteiger partial charge in [0, 0.05) is 54.5 Å². The van der Waals surface area contributed by atoms with Gasteiger partial charge in [0.05, 0.1) is 31.8 Å². The van der Waals surface area contributed by atoms with Gasteiger partial charge in [-0.15, -0.1) is 0 Å². The van der Waals surface area contributed by atoms with Crippen LogP contribution in [0.5, 0.6) is 11.6 Å². The maximum Gasteiger partial charge on any atom is 0.226 e. The zero-order chi connectivity index (χ0) is 25.3. The van der Waals surface area contributed by atoms with Crippen molar-refractivity contribution >= 4 is 26.7 Å². The molecule has 0 bridgehead atoms. The number of hydrogen-bond acceptors (Lipinski definition) is 9. The molecule has 2 fully saturated rings. The van der Waals surface area contributed by atoms with E-state index in [1.807, 2.05) is 0 Å². The molecule has 2 aliphatic heterocycles. The van der Waals surface area contributed by atoms with Crippen LogP contribution in [0.3, 0.4) is 0 Å². The first-order chi connectivity index (χ1) is 17.3. The molecule has 1 atom stereocenters. The number of pyridine rings is 1. The van der Waals surface area contributed by atoms with Crippen LogP contribution in [0, 0.1) is 5.82 Å². The minimum Gasteiger partial charge on any atom is -0.486 e. The van der Waals surface area contributed by atoms with E-state index in [-0.39, 0.29) is 17.7 Å². The molecular weight excluding hydrogens is 487 g/mol. The molecule has 0 N–H and O–H groups in total. The molecule has 1 aromatic carbocycles. The first-order valence-corrected chi connectivity index (χ1v) is 14.1. The number of halogens is 1. The number of methoxy groups -OCH3 is 1. The Hall–Kier alpha value is -3.05. The Kier molecular flexibility index (Phi) is 6.94. The summed E-state index contributed by atoms with van der Waals surface area (Å²) in [5, 5.41) is 0.460. The largest absolute Gasteiger partial charge is 0.486 e. The van der Waals surface area contributed by atoms with E-state index in [0.29, 0.717) is 59.1 Å². The lowest BCUT2D eigenvalue weighted by atomic mass is 10.1. The van der Waals surface area contributed by atoms with Gasteiger partial charge in [-0.05, 0) is 31.4 Å². The van der Waals surface area contributed by atoms with Gasteiger partial charge in [0.15, 0.2) is 9.84 Å². The fourth-order valence-corrected chi connectivity index (χ4v) is 5.45. The smallest absolute Gasteiger partial charge is 0.226 e. The highest BCUT2D eigenvalue weighted by atomic mass is 32.2. The van der Waals surface area contributed by atoms with Crippen molar-refractivity contribution in [2.75, 3.05) is 44.6 Å². The Bertz CT molecular complexity index is 1370. The number of anilines is 1. The number of hydrogen-bond donors (Lipinski definition) is 0. The fraction of sp³-hybridized carbons (Fsp3) is 0.480. The van der Waals surface area contributed by atoms with Gasteiger partial charge >= 0.3 is 0 Å². The maximum atomic E-state index is 14.9. The Morgan fingerprint density at radius 2 is 1.97 bits per heavy atom. The molecule has 4 heterocycles. The zero-order valence-electron chi connectivity index (χ0n) is 20.4. The lowest BCUT2D eigenvalue weighted by Gasteiger charge is -2.27. The summed E-state index contributed by atoms with van der Waals surface area (Å²) < 4.78 is 55.8. The lowest BCUT2D eigenvalue weighted by Crippen LogP contribution is -2.31. The highest BCUT2D eigenvalue weighted by Gasteiger charge is 2.24. The SMILES string of the molecule is COc1ncc(-c2nc(N3CCCCC3)nc3c(OC4CCOC4)cc(F)cc23)cc1CS(C)(=O)=O. The number of sulfone groups is 1. The van der Waals surface area contributed by atoms with E-state index in [0.717, 1.165) is 38.6 Å². The Labute approximate surface area is 209 Å². The van der Waals surface area contributed by atoms with Gasteiger partial charge in [0.25, 0.3) is 0 Å². The van der Waals surface area contributed by atoms with E-state index >= 15 is 0 Å². The number of aromatic nitrogens is 3. The topological polar surface area (TPSA) is 104 Å². The minimum absolute atomic E-state index is 0.184. The van der Waals surface area contributed by atoms with Crippen LogP contribution in [-0.4, -0.2) is 69.1 Å². The number of piperidine rings is 1. The van der Waals surface area contributed by atoms with Crippen molar-refractivity contribution in [2.45, 2.75) is 37.5 Å². The first kappa shape index (κ1) is 24.6. The number of nitrogens with zero attached hydrogens (tertiary/aromatic N) is 4. The number of rotatable bonds is 7. The first-order valence-electron chi connectivity index (χ1n) is 12.0. The summed E-state index contributed by atoms with van der Waals surface area (Å²) >= 11 is 0. The zero-order valence-corrected chi connectivity index (χ0v) is 21.2. The molecule has 3 aromatic rings. The summed E-state index contributed by atoms with van der Waals surface area (Å²) in [5.41, 5.74) is 1.90. The van der Waals surface area contributed by atoms with E-state index in [1.165, 1.54) is 19.2 Å². The van der Waals surface area contributed by atoms with Crippen molar-refractivity contribution in [3.8, 4) is 22.9 Å². The van der Waals surface area contributed by atoms with Gasteiger partial charge in [-0.2, -0.15) is 0 Å². The van der Waals surface area contributed by atoms with Crippen molar-refractivity contribution < 1.29 is 27.0 Å². The van der Waals surface area contributed by atoms with E-state index in [2.05, 4.69) is 9.88 Å². The Balaban J connectivity index is 1.70. The molecule has 1 unspecified atom stereocenters. The molecule has 0 spiro atoms. The second-order valence-electron chi connectivity index (χ2n) is 9.29. The fourth-order valence-electron chi connectivity index (χ4n) is 4.68. The van der Waals surface area contributed by atoms with Crippen molar-refractivity contribution in [2.24, 2.45) is 0 Å². The lowest BCUT2D eigenvalue weighted by molar-refractivity contribution is 0.142. The molecule has 2 saturated heterocycles. The van der Waals surface area contributed by atoms with Crippen LogP contribution >= 0.6 is 0 Å². The Morgan fingerprint density at radius 1 is 1.17 bits per heavy atom. The number of ether oxygens (including phenoxy) is 3. The average Bonchev–Trinajstić information content (AvgIpc) is 3.36. The van der Waals surface area contributed by atoms with Crippen LogP contribution in [0.2, 0.25) is 0 Å². The predicted molar refractivity (Wildman–Crippen MR) is 134 cm³/mol. The van der Waals surface area contributed by atoms with Crippen molar-refractivity contribution in [1.29, 1.82) is 0 Å². The molecule has 192 valence electrons. The van der Waals surface area contributed by atoms with Crippen LogP contribution in [0.15, 0.2) is 24.4 Å². The molecule has 2 aliphatic rings. The highest BCUT2D eigenvalue weighted by Crippen LogP contribution is 2.36. The molecule has 36 heavy (non-hydrogen) atoms. The summed E-state index contributed by atoms with van der Waals surface area (Å²) in [6.45, 7) is 2.67. The second-order valence-corrected chi connectivity index (χ2v) is 11.4. The number of fused-ring (bicyclic) bond motifs is 1. The van der Waals surface area contributed by atoms with Gasteiger partial charge < -0.3 is 19.1 Å². The summed E-state index contributed by atoms with van der Waals surface area (Å²) in [7, 11) is -1.92. The van der Waals surface area contributed by atoms with Crippen LogP contribution in [0.25, 0.3) is 22.2 Å². The van der Waals surface area contributed by atoms with Crippen molar-refractivity contribution in [1.82, 2.24) is 15.0 Å². The van der Waals surface area contributed by atoms with Gasteiger partial charge in [0.1, 0.15) is 23.2 Å². The third kappa shape index (κ3) is 5.36. The van der Waals surface area contributed by atoms with E-state index in [4.69, 9.17) is 24.2 Å². The van der Waals surface area contributed by atoms with Crippen LogP contribution in [0.1, 0.15) is 31.2 Å². The summed E-state index contributed by atoms with van der Waals surface area (Å²) in [6, 6.07) is 4.41. The molecule has 0 radical (unpaired) electrons. The van der Waals surface area contributed by atoms with Crippen LogP contribution in [-0.2, 0) is 20.3 Å². The van der Waals surface area contributed by atoms with Crippen molar-refractivity contribution in [3.63, 3.8) is 0 Å². The average molecular weight is 517 g/mol. The monoisotopic (exact) mass is 516 g/mol.